The molecule has 5 heteroatoms. The molecule has 0 fully saturated rings. The number of aromatic amines is 1. The predicted molar refractivity (Wildman–Crippen MR) is 74.6 cm³/mol. The summed E-state index contributed by atoms with van der Waals surface area (Å²) >= 11 is 0. The van der Waals surface area contributed by atoms with Gasteiger partial charge in [0.15, 0.2) is 5.65 Å². The molecule has 3 aromatic heterocycles. The summed E-state index contributed by atoms with van der Waals surface area (Å²) in [5, 5.41) is 12.7. The number of anilines is 2. The van der Waals surface area contributed by atoms with Crippen molar-refractivity contribution in [1.82, 2.24) is 19.6 Å². The Bertz CT molecular complexity index is 858. The number of benzene rings is 1. The van der Waals surface area contributed by atoms with Crippen molar-refractivity contribution < 1.29 is 0 Å². The highest BCUT2D eigenvalue weighted by Crippen LogP contribution is 2.20. The number of nitrogens with one attached hydrogen (secondary N) is 2. The van der Waals surface area contributed by atoms with Crippen molar-refractivity contribution >= 4 is 28.2 Å². The molecular weight excluding hydrogens is 238 g/mol. The van der Waals surface area contributed by atoms with Crippen LogP contribution in [-0.4, -0.2) is 19.6 Å². The van der Waals surface area contributed by atoms with Crippen LogP contribution >= 0.6 is 0 Å². The molecule has 0 bridgehead atoms. The third kappa shape index (κ3) is 1.63. The van der Waals surface area contributed by atoms with Gasteiger partial charge in [-0.1, -0.05) is 12.1 Å². The molecule has 19 heavy (non-hydrogen) atoms. The number of aromatic nitrogens is 4. The molecule has 0 aliphatic rings. The number of H-pyrrole nitrogens is 1. The second-order valence-corrected chi connectivity index (χ2v) is 4.36. The SMILES string of the molecule is c1ccn2c(Nc3ccc4cc[nH]c4c3)nnc2c1. The van der Waals surface area contributed by atoms with E-state index in [4.69, 9.17) is 0 Å². The zero-order chi connectivity index (χ0) is 12.7. The van der Waals surface area contributed by atoms with Gasteiger partial charge in [0.05, 0.1) is 0 Å². The molecule has 0 saturated heterocycles. The van der Waals surface area contributed by atoms with Gasteiger partial charge in [-0.25, -0.2) is 0 Å². The Labute approximate surface area is 108 Å². The van der Waals surface area contributed by atoms with Gasteiger partial charge in [-0.05, 0) is 35.7 Å². The average molecular weight is 249 g/mol. The summed E-state index contributed by atoms with van der Waals surface area (Å²) in [6, 6.07) is 14.0. The lowest BCUT2D eigenvalue weighted by Gasteiger charge is -2.04. The second-order valence-electron chi connectivity index (χ2n) is 4.36. The largest absolute Gasteiger partial charge is 0.361 e. The van der Waals surface area contributed by atoms with Gasteiger partial charge in [0.2, 0.25) is 5.95 Å². The van der Waals surface area contributed by atoms with Crippen LogP contribution in [-0.2, 0) is 0 Å². The average Bonchev–Trinajstić information content (AvgIpc) is 3.06. The first kappa shape index (κ1) is 10.1. The van der Waals surface area contributed by atoms with E-state index in [0.29, 0.717) is 5.95 Å². The normalized spacial score (nSPS) is 11.2. The molecule has 0 spiro atoms. The first-order valence-corrected chi connectivity index (χ1v) is 6.04. The molecule has 0 aliphatic heterocycles. The van der Waals surface area contributed by atoms with Crippen molar-refractivity contribution in [2.45, 2.75) is 0 Å². The number of hydrogen-bond donors (Lipinski definition) is 2. The van der Waals surface area contributed by atoms with E-state index in [1.54, 1.807) is 0 Å². The van der Waals surface area contributed by atoms with Crippen molar-refractivity contribution in [2.24, 2.45) is 0 Å². The lowest BCUT2D eigenvalue weighted by Crippen LogP contribution is -1.96. The van der Waals surface area contributed by atoms with Crippen molar-refractivity contribution in [3.8, 4) is 0 Å². The van der Waals surface area contributed by atoms with Crippen molar-refractivity contribution in [1.29, 1.82) is 0 Å². The van der Waals surface area contributed by atoms with Gasteiger partial charge in [-0.15, -0.1) is 10.2 Å². The number of pyridine rings is 1. The van der Waals surface area contributed by atoms with Crippen LogP contribution in [0.5, 0.6) is 0 Å². The topological polar surface area (TPSA) is 58.0 Å². The molecule has 92 valence electrons. The van der Waals surface area contributed by atoms with E-state index in [2.05, 4.69) is 32.6 Å². The van der Waals surface area contributed by atoms with Gasteiger partial charge in [-0.3, -0.25) is 4.40 Å². The van der Waals surface area contributed by atoms with Gasteiger partial charge in [0.1, 0.15) is 0 Å². The maximum atomic E-state index is 4.15. The molecule has 4 rings (SSSR count). The maximum Gasteiger partial charge on any atom is 0.233 e. The Morgan fingerprint density at radius 1 is 1.05 bits per heavy atom. The minimum atomic E-state index is 0.710. The van der Waals surface area contributed by atoms with Crippen LogP contribution in [0.25, 0.3) is 16.6 Å². The summed E-state index contributed by atoms with van der Waals surface area (Å²) in [5.74, 6) is 0.710. The van der Waals surface area contributed by atoms with Crippen molar-refractivity contribution in [3.63, 3.8) is 0 Å². The molecule has 1 aromatic carbocycles. The predicted octanol–water partition coefficient (Wildman–Crippen LogP) is 2.95. The van der Waals surface area contributed by atoms with Gasteiger partial charge in [0.25, 0.3) is 0 Å². The molecule has 0 amide bonds. The highest BCUT2D eigenvalue weighted by Gasteiger charge is 2.05. The number of fused-ring (bicyclic) bond motifs is 2. The summed E-state index contributed by atoms with van der Waals surface area (Å²) in [5.41, 5.74) is 2.90. The molecule has 0 unspecified atom stereocenters. The van der Waals surface area contributed by atoms with Crippen molar-refractivity contribution in [2.75, 3.05) is 5.32 Å². The Hall–Kier alpha value is -2.82. The number of hydrogen-bond acceptors (Lipinski definition) is 3. The second kappa shape index (κ2) is 3.84. The molecule has 0 atom stereocenters. The van der Waals surface area contributed by atoms with Crippen LogP contribution in [0, 0.1) is 0 Å². The van der Waals surface area contributed by atoms with E-state index in [0.717, 1.165) is 16.9 Å². The monoisotopic (exact) mass is 249 g/mol. The Morgan fingerprint density at radius 3 is 3.05 bits per heavy atom. The van der Waals surface area contributed by atoms with Crippen LogP contribution in [0.2, 0.25) is 0 Å². The number of rotatable bonds is 2. The van der Waals surface area contributed by atoms with E-state index in [1.807, 2.05) is 47.1 Å². The molecule has 4 aromatic rings. The summed E-state index contributed by atoms with van der Waals surface area (Å²) in [7, 11) is 0. The van der Waals surface area contributed by atoms with Crippen LogP contribution < -0.4 is 5.32 Å². The summed E-state index contributed by atoms with van der Waals surface area (Å²) in [6.07, 6.45) is 3.87. The van der Waals surface area contributed by atoms with Crippen LogP contribution in [0.3, 0.4) is 0 Å². The zero-order valence-electron chi connectivity index (χ0n) is 10.0. The fourth-order valence-corrected chi connectivity index (χ4v) is 2.18. The fourth-order valence-electron chi connectivity index (χ4n) is 2.18. The van der Waals surface area contributed by atoms with E-state index < -0.39 is 0 Å². The molecule has 0 aliphatic carbocycles. The van der Waals surface area contributed by atoms with Crippen molar-refractivity contribution in [3.05, 3.63) is 54.9 Å². The first-order valence-electron chi connectivity index (χ1n) is 6.04. The minimum Gasteiger partial charge on any atom is -0.361 e. The van der Waals surface area contributed by atoms with Gasteiger partial charge in [-0.2, -0.15) is 0 Å². The quantitative estimate of drug-likeness (QED) is 0.574. The highest BCUT2D eigenvalue weighted by molar-refractivity contribution is 5.83. The molecule has 2 N–H and O–H groups in total. The molecule has 0 radical (unpaired) electrons. The molecule has 3 heterocycles. The van der Waals surface area contributed by atoms with E-state index >= 15 is 0 Å². The Balaban J connectivity index is 1.77. The minimum absolute atomic E-state index is 0.710. The fraction of sp³-hybridized carbons (Fsp3) is 0. The standard InChI is InChI=1S/C14H11N5/c1-2-8-19-13(3-1)17-18-14(19)16-11-5-4-10-6-7-15-12(10)9-11/h1-9,15H,(H,16,18). The molecular formula is C14H11N5. The van der Waals surface area contributed by atoms with Gasteiger partial charge in [0, 0.05) is 23.6 Å². The molecule has 5 nitrogen and oxygen atoms in total. The van der Waals surface area contributed by atoms with Crippen LogP contribution in [0.1, 0.15) is 0 Å². The zero-order valence-corrected chi connectivity index (χ0v) is 10.0. The maximum absolute atomic E-state index is 4.15. The van der Waals surface area contributed by atoms with Crippen LogP contribution in [0.4, 0.5) is 11.6 Å². The Kier molecular flexibility index (Phi) is 2.05. The van der Waals surface area contributed by atoms with E-state index in [9.17, 15) is 0 Å². The summed E-state index contributed by atoms with van der Waals surface area (Å²) in [4.78, 5) is 3.19. The van der Waals surface area contributed by atoms with E-state index in [-0.39, 0.29) is 0 Å². The lowest BCUT2D eigenvalue weighted by atomic mass is 10.2. The summed E-state index contributed by atoms with van der Waals surface area (Å²) < 4.78 is 1.92. The third-order valence-corrected chi connectivity index (χ3v) is 3.12. The highest BCUT2D eigenvalue weighted by atomic mass is 15.3. The number of nitrogens with zero attached hydrogens (tertiary/aromatic N) is 3. The van der Waals surface area contributed by atoms with Crippen LogP contribution in [0.15, 0.2) is 54.9 Å². The molecule has 0 saturated carbocycles. The Morgan fingerprint density at radius 2 is 2.05 bits per heavy atom. The first-order chi connectivity index (χ1) is 9.40. The lowest BCUT2D eigenvalue weighted by molar-refractivity contribution is 1.11. The third-order valence-electron chi connectivity index (χ3n) is 3.12. The smallest absolute Gasteiger partial charge is 0.233 e. The van der Waals surface area contributed by atoms with Gasteiger partial charge < -0.3 is 10.3 Å². The van der Waals surface area contributed by atoms with Gasteiger partial charge >= 0.3 is 0 Å². The summed E-state index contributed by atoms with van der Waals surface area (Å²) in [6.45, 7) is 0. The van der Waals surface area contributed by atoms with E-state index in [1.165, 1.54) is 5.39 Å².